The number of carbonyl (C=O) groups excluding carboxylic acids is 1. The van der Waals surface area contributed by atoms with Crippen LogP contribution < -0.4 is 5.73 Å². The molecule has 1 heterocycles. The molecule has 1 aromatic rings. The second-order valence-electron chi connectivity index (χ2n) is 4.97. The standard InChI is InChI=1S/C13H17N3O3.ClH/c1-9(14)11-5-6-15(8-11)13(17)10-3-2-4-12(7-10)16(18)19;/h2-4,7,9,11H,5-6,8,14H2,1H3;1H. The number of nitrogens with two attached hydrogens (primary N) is 1. The van der Waals surface area contributed by atoms with E-state index < -0.39 is 4.92 Å². The van der Waals surface area contributed by atoms with E-state index in [9.17, 15) is 14.9 Å². The monoisotopic (exact) mass is 299 g/mol. The minimum absolute atomic E-state index is 0. The topological polar surface area (TPSA) is 89.5 Å². The first kappa shape index (κ1) is 16.4. The van der Waals surface area contributed by atoms with E-state index in [-0.39, 0.29) is 30.0 Å². The van der Waals surface area contributed by atoms with Gasteiger partial charge in [-0.05, 0) is 25.3 Å². The molecule has 2 N–H and O–H groups in total. The Balaban J connectivity index is 0.00000200. The number of nitro benzene ring substituents is 1. The lowest BCUT2D eigenvalue weighted by atomic mass is 10.0. The van der Waals surface area contributed by atoms with E-state index in [1.54, 1.807) is 11.0 Å². The molecule has 2 unspecified atom stereocenters. The fourth-order valence-corrected chi connectivity index (χ4v) is 2.34. The van der Waals surface area contributed by atoms with Crippen molar-refractivity contribution in [3.8, 4) is 0 Å². The molecule has 6 nitrogen and oxygen atoms in total. The number of halogens is 1. The van der Waals surface area contributed by atoms with Gasteiger partial charge in [-0.2, -0.15) is 0 Å². The SMILES string of the molecule is CC(N)C1CCN(C(=O)c2cccc([N+](=O)[O-])c2)C1.Cl. The maximum atomic E-state index is 12.3. The summed E-state index contributed by atoms with van der Waals surface area (Å²) in [5.41, 5.74) is 6.13. The van der Waals surface area contributed by atoms with Gasteiger partial charge in [0.1, 0.15) is 0 Å². The number of amides is 1. The van der Waals surface area contributed by atoms with Gasteiger partial charge in [-0.1, -0.05) is 6.07 Å². The molecule has 0 spiro atoms. The van der Waals surface area contributed by atoms with E-state index in [1.165, 1.54) is 18.2 Å². The lowest BCUT2D eigenvalue weighted by molar-refractivity contribution is -0.384. The Bertz CT molecular complexity index is 507. The minimum atomic E-state index is -0.495. The molecule has 2 atom stereocenters. The average Bonchev–Trinajstić information content (AvgIpc) is 2.87. The lowest BCUT2D eigenvalue weighted by Crippen LogP contribution is -2.33. The van der Waals surface area contributed by atoms with Crippen molar-refractivity contribution in [1.29, 1.82) is 0 Å². The van der Waals surface area contributed by atoms with Crippen molar-refractivity contribution in [2.45, 2.75) is 19.4 Å². The molecular formula is C13H18ClN3O3. The van der Waals surface area contributed by atoms with Gasteiger partial charge in [-0.15, -0.1) is 12.4 Å². The molecule has 0 radical (unpaired) electrons. The Labute approximate surface area is 123 Å². The summed E-state index contributed by atoms with van der Waals surface area (Å²) in [6.07, 6.45) is 0.887. The van der Waals surface area contributed by atoms with Crippen LogP contribution in [0.4, 0.5) is 5.69 Å². The maximum Gasteiger partial charge on any atom is 0.270 e. The highest BCUT2D eigenvalue weighted by Crippen LogP contribution is 2.22. The Morgan fingerprint density at radius 3 is 2.80 bits per heavy atom. The highest BCUT2D eigenvalue weighted by atomic mass is 35.5. The summed E-state index contributed by atoms with van der Waals surface area (Å²) in [6.45, 7) is 3.22. The zero-order valence-corrected chi connectivity index (χ0v) is 12.0. The normalized spacial score (nSPS) is 19.3. The van der Waals surface area contributed by atoms with Crippen LogP contribution in [0.5, 0.6) is 0 Å². The van der Waals surface area contributed by atoms with Gasteiger partial charge < -0.3 is 10.6 Å². The number of nitrogens with zero attached hydrogens (tertiary/aromatic N) is 2. The molecule has 1 amide bonds. The second-order valence-corrected chi connectivity index (χ2v) is 4.97. The van der Waals surface area contributed by atoms with Crippen LogP contribution in [0.25, 0.3) is 0 Å². The summed E-state index contributed by atoms with van der Waals surface area (Å²) in [4.78, 5) is 24.2. The molecule has 20 heavy (non-hydrogen) atoms. The summed E-state index contributed by atoms with van der Waals surface area (Å²) in [5, 5.41) is 10.7. The minimum Gasteiger partial charge on any atom is -0.338 e. The quantitative estimate of drug-likeness (QED) is 0.681. The van der Waals surface area contributed by atoms with Gasteiger partial charge in [-0.25, -0.2) is 0 Å². The summed E-state index contributed by atoms with van der Waals surface area (Å²) in [5.74, 6) is 0.148. The van der Waals surface area contributed by atoms with Crippen molar-refractivity contribution in [2.24, 2.45) is 11.7 Å². The van der Waals surface area contributed by atoms with Crippen molar-refractivity contribution in [2.75, 3.05) is 13.1 Å². The fraction of sp³-hybridized carbons (Fsp3) is 0.462. The van der Waals surface area contributed by atoms with Gasteiger partial charge in [-0.3, -0.25) is 14.9 Å². The predicted octanol–water partition coefficient (Wildman–Crippen LogP) is 1.83. The van der Waals surface area contributed by atoms with Gasteiger partial charge in [0.25, 0.3) is 11.6 Å². The van der Waals surface area contributed by atoms with Gasteiger partial charge >= 0.3 is 0 Å². The van der Waals surface area contributed by atoms with Crippen LogP contribution in [0.15, 0.2) is 24.3 Å². The third kappa shape index (κ3) is 3.46. The van der Waals surface area contributed by atoms with Crippen LogP contribution >= 0.6 is 12.4 Å². The van der Waals surface area contributed by atoms with Crippen LogP contribution in [0, 0.1) is 16.0 Å². The Hall–Kier alpha value is -1.66. The number of nitro groups is 1. The fourth-order valence-electron chi connectivity index (χ4n) is 2.34. The van der Waals surface area contributed by atoms with Crippen molar-refractivity contribution in [1.82, 2.24) is 4.90 Å². The van der Waals surface area contributed by atoms with E-state index in [0.717, 1.165) is 6.42 Å². The molecule has 1 saturated heterocycles. The highest BCUT2D eigenvalue weighted by molar-refractivity contribution is 5.95. The number of non-ortho nitro benzene ring substituents is 1. The van der Waals surface area contributed by atoms with Crippen LogP contribution in [0.2, 0.25) is 0 Å². The van der Waals surface area contributed by atoms with Gasteiger partial charge in [0.2, 0.25) is 0 Å². The molecular weight excluding hydrogens is 282 g/mol. The molecule has 7 heteroatoms. The van der Waals surface area contributed by atoms with Gasteiger partial charge in [0.15, 0.2) is 0 Å². The zero-order valence-electron chi connectivity index (χ0n) is 11.2. The zero-order chi connectivity index (χ0) is 14.0. The predicted molar refractivity (Wildman–Crippen MR) is 78.0 cm³/mol. The molecule has 110 valence electrons. The summed E-state index contributed by atoms with van der Waals surface area (Å²) >= 11 is 0. The molecule has 0 aromatic heterocycles. The van der Waals surface area contributed by atoms with Crippen LogP contribution in [0.1, 0.15) is 23.7 Å². The Morgan fingerprint density at radius 1 is 1.55 bits per heavy atom. The molecule has 1 aliphatic heterocycles. The smallest absolute Gasteiger partial charge is 0.270 e. The first-order chi connectivity index (χ1) is 8.99. The van der Waals surface area contributed by atoms with E-state index in [4.69, 9.17) is 5.73 Å². The van der Waals surface area contributed by atoms with E-state index in [2.05, 4.69) is 0 Å². The summed E-state index contributed by atoms with van der Waals surface area (Å²) in [6, 6.07) is 5.90. The largest absolute Gasteiger partial charge is 0.338 e. The lowest BCUT2D eigenvalue weighted by Gasteiger charge is -2.18. The molecule has 1 aromatic carbocycles. The molecule has 1 fully saturated rings. The number of carbonyl (C=O) groups is 1. The Kier molecular flexibility index (Phi) is 5.47. The van der Waals surface area contributed by atoms with Gasteiger partial charge in [0, 0.05) is 36.8 Å². The van der Waals surface area contributed by atoms with Crippen LogP contribution in [-0.2, 0) is 0 Å². The first-order valence-electron chi connectivity index (χ1n) is 6.28. The maximum absolute atomic E-state index is 12.3. The highest BCUT2D eigenvalue weighted by Gasteiger charge is 2.29. The van der Waals surface area contributed by atoms with E-state index in [0.29, 0.717) is 24.6 Å². The van der Waals surface area contributed by atoms with E-state index in [1.807, 2.05) is 6.92 Å². The molecule has 1 aliphatic rings. The summed E-state index contributed by atoms with van der Waals surface area (Å²) in [7, 11) is 0. The van der Waals surface area contributed by atoms with Crippen molar-refractivity contribution >= 4 is 24.0 Å². The van der Waals surface area contributed by atoms with Crippen LogP contribution in [-0.4, -0.2) is 34.9 Å². The molecule has 0 saturated carbocycles. The second kappa shape index (κ2) is 6.67. The van der Waals surface area contributed by atoms with Crippen molar-refractivity contribution in [3.05, 3.63) is 39.9 Å². The first-order valence-corrected chi connectivity index (χ1v) is 6.28. The third-order valence-corrected chi connectivity index (χ3v) is 3.56. The van der Waals surface area contributed by atoms with E-state index >= 15 is 0 Å². The number of benzene rings is 1. The summed E-state index contributed by atoms with van der Waals surface area (Å²) < 4.78 is 0. The van der Waals surface area contributed by atoms with Gasteiger partial charge in [0.05, 0.1) is 4.92 Å². The number of hydrogen-bond donors (Lipinski definition) is 1. The van der Waals surface area contributed by atoms with Crippen LogP contribution in [0.3, 0.4) is 0 Å². The molecule has 0 aliphatic carbocycles. The number of likely N-dealkylation sites (tertiary alicyclic amines) is 1. The van der Waals surface area contributed by atoms with Crippen molar-refractivity contribution in [3.63, 3.8) is 0 Å². The third-order valence-electron chi connectivity index (χ3n) is 3.56. The molecule has 0 bridgehead atoms. The number of rotatable bonds is 3. The molecule has 2 rings (SSSR count). The Morgan fingerprint density at radius 2 is 2.25 bits per heavy atom. The average molecular weight is 300 g/mol. The number of hydrogen-bond acceptors (Lipinski definition) is 4. The van der Waals surface area contributed by atoms with Crippen molar-refractivity contribution < 1.29 is 9.72 Å².